The smallest absolute Gasteiger partial charge is 0.410 e. The Hall–Kier alpha value is -1.25. The normalized spacial score (nSPS) is 18.1. The highest BCUT2D eigenvalue weighted by Gasteiger charge is 2.39. The van der Waals surface area contributed by atoms with Crippen LogP contribution in [0.3, 0.4) is 0 Å². The van der Waals surface area contributed by atoms with Crippen LogP contribution in [-0.4, -0.2) is 29.7 Å². The molecule has 0 unspecified atom stereocenters. The van der Waals surface area contributed by atoms with Crippen LogP contribution in [0.2, 0.25) is 4.34 Å². The second-order valence-electron chi connectivity index (χ2n) is 6.27. The minimum Gasteiger partial charge on any atom is -0.444 e. The van der Waals surface area contributed by atoms with E-state index in [9.17, 15) is 10.1 Å². The average Bonchev–Trinajstić information content (AvgIpc) is 2.84. The lowest BCUT2D eigenvalue weighted by molar-refractivity contribution is 0.0186. The number of amides is 1. The van der Waals surface area contributed by atoms with Crippen molar-refractivity contribution in [1.29, 1.82) is 5.26 Å². The Morgan fingerprint density at radius 2 is 2.05 bits per heavy atom. The molecule has 1 aliphatic rings. The minimum absolute atomic E-state index is 0.307. The van der Waals surface area contributed by atoms with Crippen LogP contribution >= 0.6 is 22.9 Å². The van der Waals surface area contributed by atoms with Gasteiger partial charge in [-0.25, -0.2) is 4.79 Å². The zero-order valence-electron chi connectivity index (χ0n) is 12.5. The van der Waals surface area contributed by atoms with Crippen molar-refractivity contribution in [2.24, 2.45) is 0 Å². The second-order valence-corrected chi connectivity index (χ2v) is 7.98. The van der Waals surface area contributed by atoms with Gasteiger partial charge >= 0.3 is 6.09 Å². The maximum atomic E-state index is 12.1. The van der Waals surface area contributed by atoms with E-state index in [1.54, 1.807) is 4.90 Å². The molecular weight excluding hydrogens is 308 g/mol. The number of carbonyl (C=O) groups is 1. The topological polar surface area (TPSA) is 53.3 Å². The second kappa shape index (κ2) is 5.86. The van der Waals surface area contributed by atoms with Crippen LogP contribution < -0.4 is 0 Å². The largest absolute Gasteiger partial charge is 0.444 e. The van der Waals surface area contributed by atoms with Crippen molar-refractivity contribution in [3.8, 4) is 6.07 Å². The van der Waals surface area contributed by atoms with E-state index in [-0.39, 0.29) is 6.09 Å². The summed E-state index contributed by atoms with van der Waals surface area (Å²) < 4.78 is 6.06. The Morgan fingerprint density at radius 1 is 1.43 bits per heavy atom. The van der Waals surface area contributed by atoms with E-state index in [1.807, 2.05) is 32.9 Å². The summed E-state index contributed by atoms with van der Waals surface area (Å²) in [5.41, 5.74) is -1.03. The van der Waals surface area contributed by atoms with E-state index in [4.69, 9.17) is 16.3 Å². The Morgan fingerprint density at radius 3 is 2.48 bits per heavy atom. The number of nitrogens with zero attached hydrogens (tertiary/aromatic N) is 2. The monoisotopic (exact) mass is 326 g/mol. The number of rotatable bonds is 1. The SMILES string of the molecule is CC(C)(C)OC(=O)N1CCC(C#N)(c2ccc(Cl)s2)CC1. The van der Waals surface area contributed by atoms with Crippen molar-refractivity contribution in [3.63, 3.8) is 0 Å². The molecule has 0 atom stereocenters. The maximum Gasteiger partial charge on any atom is 0.410 e. The molecule has 6 heteroatoms. The molecule has 1 amide bonds. The van der Waals surface area contributed by atoms with Gasteiger partial charge in [-0.1, -0.05) is 11.6 Å². The Balaban J connectivity index is 2.05. The number of ether oxygens (including phenoxy) is 1. The minimum atomic E-state index is -0.531. The summed E-state index contributed by atoms with van der Waals surface area (Å²) in [5, 5.41) is 9.59. The first-order chi connectivity index (χ1) is 9.76. The van der Waals surface area contributed by atoms with Gasteiger partial charge in [0, 0.05) is 18.0 Å². The molecule has 1 aliphatic heterocycles. The van der Waals surface area contributed by atoms with Crippen molar-refractivity contribution in [2.75, 3.05) is 13.1 Å². The number of hydrogen-bond acceptors (Lipinski definition) is 4. The van der Waals surface area contributed by atoms with Gasteiger partial charge in [0.1, 0.15) is 5.60 Å². The van der Waals surface area contributed by atoms with Gasteiger partial charge in [-0.05, 0) is 45.7 Å². The van der Waals surface area contributed by atoms with E-state index in [2.05, 4.69) is 6.07 Å². The summed E-state index contributed by atoms with van der Waals surface area (Å²) in [6, 6.07) is 6.16. The molecule has 21 heavy (non-hydrogen) atoms. The molecule has 0 aromatic carbocycles. The zero-order valence-corrected chi connectivity index (χ0v) is 14.1. The molecule has 0 saturated carbocycles. The summed E-state index contributed by atoms with van der Waals surface area (Å²) in [5.74, 6) is 0. The molecule has 0 radical (unpaired) electrons. The highest BCUT2D eigenvalue weighted by molar-refractivity contribution is 7.16. The van der Waals surface area contributed by atoms with E-state index in [0.717, 1.165) is 4.88 Å². The summed E-state index contributed by atoms with van der Waals surface area (Å²) in [6.45, 7) is 6.60. The van der Waals surface area contributed by atoms with Crippen LogP contribution in [-0.2, 0) is 10.2 Å². The first-order valence-electron chi connectivity index (χ1n) is 6.91. The van der Waals surface area contributed by atoms with E-state index < -0.39 is 11.0 Å². The molecule has 2 rings (SSSR count). The van der Waals surface area contributed by atoms with Crippen molar-refractivity contribution < 1.29 is 9.53 Å². The summed E-state index contributed by atoms with van der Waals surface area (Å²) in [6.07, 6.45) is 0.914. The molecule has 0 bridgehead atoms. The van der Waals surface area contributed by atoms with Gasteiger partial charge in [0.2, 0.25) is 0 Å². The fourth-order valence-corrected chi connectivity index (χ4v) is 3.62. The van der Waals surface area contributed by atoms with Crippen molar-refractivity contribution in [1.82, 2.24) is 4.90 Å². The predicted molar refractivity (Wildman–Crippen MR) is 83.7 cm³/mol. The maximum absolute atomic E-state index is 12.1. The molecule has 0 aliphatic carbocycles. The van der Waals surface area contributed by atoms with Crippen LogP contribution in [0.15, 0.2) is 12.1 Å². The average molecular weight is 327 g/mol. The summed E-state index contributed by atoms with van der Waals surface area (Å²) in [7, 11) is 0. The number of halogens is 1. The number of likely N-dealkylation sites (tertiary alicyclic amines) is 1. The fourth-order valence-electron chi connectivity index (χ4n) is 2.38. The van der Waals surface area contributed by atoms with Crippen molar-refractivity contribution >= 4 is 29.0 Å². The van der Waals surface area contributed by atoms with Crippen molar-refractivity contribution in [3.05, 3.63) is 21.3 Å². The van der Waals surface area contributed by atoms with E-state index in [1.165, 1.54) is 11.3 Å². The zero-order chi connectivity index (χ0) is 15.7. The molecular formula is C15H19ClN2O2S. The van der Waals surface area contributed by atoms with Crippen LogP contribution in [0.4, 0.5) is 4.79 Å². The lowest BCUT2D eigenvalue weighted by Gasteiger charge is -2.37. The quantitative estimate of drug-likeness (QED) is 0.777. The molecule has 1 saturated heterocycles. The van der Waals surface area contributed by atoms with Gasteiger partial charge in [0.05, 0.1) is 15.8 Å². The van der Waals surface area contributed by atoms with Gasteiger partial charge in [0.25, 0.3) is 0 Å². The summed E-state index contributed by atoms with van der Waals surface area (Å²) in [4.78, 5) is 14.7. The molecule has 0 N–H and O–H groups in total. The number of hydrogen-bond donors (Lipinski definition) is 0. The van der Waals surface area contributed by atoms with Crippen LogP contribution in [0.1, 0.15) is 38.5 Å². The highest BCUT2D eigenvalue weighted by Crippen LogP contribution is 2.40. The molecule has 2 heterocycles. The van der Waals surface area contributed by atoms with Gasteiger partial charge in [-0.2, -0.15) is 5.26 Å². The molecule has 1 fully saturated rings. The molecule has 4 nitrogen and oxygen atoms in total. The number of thiophene rings is 1. The van der Waals surface area contributed by atoms with Crippen LogP contribution in [0.5, 0.6) is 0 Å². The predicted octanol–water partition coefficient (Wildman–Crippen LogP) is 4.19. The fraction of sp³-hybridized carbons (Fsp3) is 0.600. The van der Waals surface area contributed by atoms with Gasteiger partial charge in [-0.3, -0.25) is 0 Å². The lowest BCUT2D eigenvalue weighted by atomic mass is 9.78. The number of nitriles is 1. The van der Waals surface area contributed by atoms with E-state index >= 15 is 0 Å². The van der Waals surface area contributed by atoms with Gasteiger partial charge < -0.3 is 9.64 Å². The molecule has 0 spiro atoms. The third kappa shape index (κ3) is 3.69. The lowest BCUT2D eigenvalue weighted by Crippen LogP contribution is -2.46. The number of carbonyl (C=O) groups excluding carboxylic acids is 1. The highest BCUT2D eigenvalue weighted by atomic mass is 35.5. The Labute approximate surface area is 134 Å². The summed E-state index contributed by atoms with van der Waals surface area (Å²) >= 11 is 7.42. The molecule has 1 aromatic rings. The third-order valence-electron chi connectivity index (χ3n) is 3.53. The van der Waals surface area contributed by atoms with Crippen LogP contribution in [0.25, 0.3) is 0 Å². The molecule has 1 aromatic heterocycles. The van der Waals surface area contributed by atoms with Gasteiger partial charge in [0.15, 0.2) is 0 Å². The van der Waals surface area contributed by atoms with Crippen molar-refractivity contribution in [2.45, 2.75) is 44.6 Å². The Kier molecular flexibility index (Phi) is 4.50. The first-order valence-corrected chi connectivity index (χ1v) is 8.10. The first kappa shape index (κ1) is 16.1. The van der Waals surface area contributed by atoms with Crippen LogP contribution in [0, 0.1) is 11.3 Å². The molecule has 114 valence electrons. The number of piperidine rings is 1. The van der Waals surface area contributed by atoms with E-state index in [0.29, 0.717) is 30.3 Å². The Bertz CT molecular complexity index is 563. The standard InChI is InChI=1S/C15H19ClN2O2S/c1-14(2,3)20-13(19)18-8-6-15(10-17,7-9-18)11-4-5-12(16)21-11/h4-5H,6-9H2,1-3H3. The third-order valence-corrected chi connectivity index (χ3v) is 4.96. The van der Waals surface area contributed by atoms with Gasteiger partial charge in [-0.15, -0.1) is 11.3 Å².